The summed E-state index contributed by atoms with van der Waals surface area (Å²) in [4.78, 5) is 20.7. The molecule has 0 saturated carbocycles. The summed E-state index contributed by atoms with van der Waals surface area (Å²) in [6.07, 6.45) is 2.13. The summed E-state index contributed by atoms with van der Waals surface area (Å²) >= 11 is 0. The molecule has 0 aliphatic carbocycles. The van der Waals surface area contributed by atoms with Crippen molar-refractivity contribution in [3.8, 4) is 11.5 Å². The van der Waals surface area contributed by atoms with E-state index in [0.717, 1.165) is 12.0 Å². The van der Waals surface area contributed by atoms with E-state index in [1.54, 1.807) is 39.3 Å². The smallest absolute Gasteiger partial charge is 0.340 e. The zero-order valence-electron chi connectivity index (χ0n) is 18.3. The summed E-state index contributed by atoms with van der Waals surface area (Å²) in [5, 5.41) is 6.34. The SMILES string of the molecule is CCOC(=O)c1ccccc1Nc1ncnc(NCCc2ccc(OC)c(OC)c2)c1N. The van der Waals surface area contributed by atoms with Crippen molar-refractivity contribution < 1.29 is 19.0 Å². The van der Waals surface area contributed by atoms with Gasteiger partial charge in [0.25, 0.3) is 0 Å². The van der Waals surface area contributed by atoms with Crippen LogP contribution < -0.4 is 25.8 Å². The summed E-state index contributed by atoms with van der Waals surface area (Å²) in [5.74, 6) is 1.83. The molecule has 4 N–H and O–H groups in total. The van der Waals surface area contributed by atoms with Crippen LogP contribution in [-0.4, -0.2) is 43.3 Å². The summed E-state index contributed by atoms with van der Waals surface area (Å²) in [7, 11) is 3.21. The third kappa shape index (κ3) is 5.37. The molecule has 3 aromatic rings. The van der Waals surface area contributed by atoms with E-state index in [1.165, 1.54) is 6.33 Å². The molecule has 32 heavy (non-hydrogen) atoms. The standard InChI is InChI=1S/C23H27N5O4/c1-4-32-23(29)16-7-5-6-8-17(16)28-22-20(24)21(26-14-27-22)25-12-11-15-9-10-18(30-2)19(13-15)31-3/h5-10,13-14H,4,11-12,24H2,1-3H3,(H2,25,26,27,28). The Hall–Kier alpha value is -4.01. The van der Waals surface area contributed by atoms with Crippen LogP contribution in [-0.2, 0) is 11.2 Å². The predicted octanol–water partition coefficient (Wildman–Crippen LogP) is 3.65. The van der Waals surface area contributed by atoms with Crippen LogP contribution in [0.25, 0.3) is 0 Å². The van der Waals surface area contributed by atoms with Gasteiger partial charge in [0, 0.05) is 6.54 Å². The van der Waals surface area contributed by atoms with Gasteiger partial charge in [0.2, 0.25) is 0 Å². The number of methoxy groups -OCH3 is 2. The van der Waals surface area contributed by atoms with E-state index in [1.807, 2.05) is 24.3 Å². The number of nitrogen functional groups attached to an aromatic ring is 1. The van der Waals surface area contributed by atoms with Gasteiger partial charge in [-0.3, -0.25) is 0 Å². The lowest BCUT2D eigenvalue weighted by Gasteiger charge is -2.15. The third-order valence-corrected chi connectivity index (χ3v) is 4.71. The minimum Gasteiger partial charge on any atom is -0.493 e. The molecule has 3 rings (SSSR count). The van der Waals surface area contributed by atoms with Crippen LogP contribution in [0.5, 0.6) is 11.5 Å². The molecule has 9 heteroatoms. The van der Waals surface area contributed by atoms with Gasteiger partial charge in [0.15, 0.2) is 23.1 Å². The Morgan fingerprint density at radius 3 is 2.53 bits per heavy atom. The Morgan fingerprint density at radius 2 is 1.78 bits per heavy atom. The van der Waals surface area contributed by atoms with Crippen LogP contribution in [0.3, 0.4) is 0 Å². The van der Waals surface area contributed by atoms with Gasteiger partial charge in [-0.25, -0.2) is 14.8 Å². The number of hydrogen-bond acceptors (Lipinski definition) is 9. The van der Waals surface area contributed by atoms with Gasteiger partial charge >= 0.3 is 5.97 Å². The van der Waals surface area contributed by atoms with Crippen LogP contribution in [0.15, 0.2) is 48.8 Å². The fourth-order valence-corrected chi connectivity index (χ4v) is 3.10. The number of aromatic nitrogens is 2. The number of ether oxygens (including phenoxy) is 3. The molecule has 0 aliphatic heterocycles. The Balaban J connectivity index is 1.70. The number of carbonyl (C=O) groups excluding carboxylic acids is 1. The van der Waals surface area contributed by atoms with Crippen molar-refractivity contribution in [2.45, 2.75) is 13.3 Å². The Labute approximate surface area is 186 Å². The second-order valence-electron chi connectivity index (χ2n) is 6.74. The fraction of sp³-hybridized carbons (Fsp3) is 0.261. The maximum absolute atomic E-state index is 12.2. The average molecular weight is 438 g/mol. The minimum atomic E-state index is -0.420. The van der Waals surface area contributed by atoms with Gasteiger partial charge in [0.05, 0.1) is 32.1 Å². The Morgan fingerprint density at radius 1 is 1.03 bits per heavy atom. The number of carbonyl (C=O) groups is 1. The number of nitrogens with one attached hydrogen (secondary N) is 2. The van der Waals surface area contributed by atoms with Crippen molar-refractivity contribution in [2.75, 3.05) is 43.7 Å². The van der Waals surface area contributed by atoms with Gasteiger partial charge < -0.3 is 30.6 Å². The highest BCUT2D eigenvalue weighted by atomic mass is 16.5. The van der Waals surface area contributed by atoms with Crippen LogP contribution >= 0.6 is 0 Å². The number of rotatable bonds is 10. The maximum Gasteiger partial charge on any atom is 0.340 e. The maximum atomic E-state index is 12.2. The number of nitrogens with two attached hydrogens (primary N) is 1. The van der Waals surface area contributed by atoms with Crippen molar-refractivity contribution in [3.05, 3.63) is 59.9 Å². The lowest BCUT2D eigenvalue weighted by atomic mass is 10.1. The first-order valence-corrected chi connectivity index (χ1v) is 10.2. The summed E-state index contributed by atoms with van der Waals surface area (Å²) in [6.45, 7) is 2.64. The molecule has 1 aromatic heterocycles. The van der Waals surface area contributed by atoms with Crippen molar-refractivity contribution in [2.24, 2.45) is 0 Å². The molecule has 0 fully saturated rings. The van der Waals surface area contributed by atoms with Gasteiger partial charge in [-0.1, -0.05) is 18.2 Å². The van der Waals surface area contributed by atoms with Gasteiger partial charge in [-0.2, -0.15) is 0 Å². The van der Waals surface area contributed by atoms with Crippen molar-refractivity contribution in [1.29, 1.82) is 0 Å². The van der Waals surface area contributed by atoms with E-state index in [-0.39, 0.29) is 6.61 Å². The molecule has 0 unspecified atom stereocenters. The lowest BCUT2D eigenvalue weighted by molar-refractivity contribution is 0.0527. The normalized spacial score (nSPS) is 10.3. The number of anilines is 4. The zero-order chi connectivity index (χ0) is 22.9. The molecule has 0 spiro atoms. The molecule has 0 bridgehead atoms. The highest BCUT2D eigenvalue weighted by molar-refractivity contribution is 5.97. The molecule has 2 aromatic carbocycles. The van der Waals surface area contributed by atoms with Crippen LogP contribution in [0.1, 0.15) is 22.8 Å². The first-order chi connectivity index (χ1) is 15.6. The number of hydrogen-bond donors (Lipinski definition) is 3. The molecule has 0 radical (unpaired) electrons. The summed E-state index contributed by atoms with van der Waals surface area (Å²) < 4.78 is 15.7. The molecular weight excluding hydrogens is 410 g/mol. The van der Waals surface area contributed by atoms with Crippen LogP contribution in [0, 0.1) is 0 Å². The molecular formula is C23H27N5O4. The molecule has 0 atom stereocenters. The van der Waals surface area contributed by atoms with E-state index >= 15 is 0 Å². The molecule has 0 aliphatic rings. The third-order valence-electron chi connectivity index (χ3n) is 4.71. The monoisotopic (exact) mass is 437 g/mol. The fourth-order valence-electron chi connectivity index (χ4n) is 3.10. The number of para-hydroxylation sites is 1. The van der Waals surface area contributed by atoms with Crippen molar-refractivity contribution in [3.63, 3.8) is 0 Å². The Bertz CT molecular complexity index is 1070. The van der Waals surface area contributed by atoms with Crippen molar-refractivity contribution >= 4 is 29.0 Å². The van der Waals surface area contributed by atoms with E-state index in [4.69, 9.17) is 19.9 Å². The molecule has 9 nitrogen and oxygen atoms in total. The van der Waals surface area contributed by atoms with Gasteiger partial charge in [0.1, 0.15) is 12.0 Å². The van der Waals surface area contributed by atoms with E-state index < -0.39 is 5.97 Å². The number of esters is 1. The number of nitrogens with zero attached hydrogens (tertiary/aromatic N) is 2. The largest absolute Gasteiger partial charge is 0.493 e. The van der Waals surface area contributed by atoms with Crippen molar-refractivity contribution in [1.82, 2.24) is 9.97 Å². The molecule has 1 heterocycles. The first kappa shape index (κ1) is 22.7. The van der Waals surface area contributed by atoms with Gasteiger partial charge in [-0.15, -0.1) is 0 Å². The second kappa shape index (κ2) is 10.9. The van der Waals surface area contributed by atoms with Crippen LogP contribution in [0.4, 0.5) is 23.0 Å². The topological polar surface area (TPSA) is 121 Å². The predicted molar refractivity (Wildman–Crippen MR) is 124 cm³/mol. The molecule has 0 saturated heterocycles. The highest BCUT2D eigenvalue weighted by Crippen LogP contribution is 2.29. The molecule has 168 valence electrons. The first-order valence-electron chi connectivity index (χ1n) is 10.2. The Kier molecular flexibility index (Phi) is 7.69. The van der Waals surface area contributed by atoms with E-state index in [0.29, 0.717) is 46.6 Å². The zero-order valence-corrected chi connectivity index (χ0v) is 18.3. The number of benzene rings is 2. The average Bonchev–Trinajstić information content (AvgIpc) is 2.81. The minimum absolute atomic E-state index is 0.289. The molecule has 0 amide bonds. The summed E-state index contributed by atoms with van der Waals surface area (Å²) in [5.41, 5.74) is 8.64. The highest BCUT2D eigenvalue weighted by Gasteiger charge is 2.15. The van der Waals surface area contributed by atoms with Crippen LogP contribution in [0.2, 0.25) is 0 Å². The quantitative estimate of drug-likeness (QED) is 0.408. The van der Waals surface area contributed by atoms with Gasteiger partial charge in [-0.05, 0) is 43.2 Å². The van der Waals surface area contributed by atoms with E-state index in [9.17, 15) is 4.79 Å². The van der Waals surface area contributed by atoms with E-state index in [2.05, 4.69) is 20.6 Å². The summed E-state index contributed by atoms with van der Waals surface area (Å²) in [6, 6.07) is 12.8. The second-order valence-corrected chi connectivity index (χ2v) is 6.74. The lowest BCUT2D eigenvalue weighted by Crippen LogP contribution is -2.12.